The highest BCUT2D eigenvalue weighted by Crippen LogP contribution is 2.50. The lowest BCUT2D eigenvalue weighted by atomic mass is 9.34. The number of rotatable bonds is 5. The molecule has 0 atom stereocenters. The molecule has 3 heteroatoms. The molecule has 0 bridgehead atoms. The molecule has 274 valence electrons. The van der Waals surface area contributed by atoms with Crippen molar-refractivity contribution in [3.63, 3.8) is 0 Å². The van der Waals surface area contributed by atoms with Crippen LogP contribution < -0.4 is 25.9 Å². The van der Waals surface area contributed by atoms with Gasteiger partial charge in [-0.1, -0.05) is 200 Å². The Hall–Kier alpha value is -7.62. The van der Waals surface area contributed by atoms with E-state index in [2.05, 4.69) is 212 Å². The normalized spacial score (nSPS) is 12.3. The van der Waals surface area contributed by atoms with Gasteiger partial charge >= 0.3 is 0 Å². The summed E-state index contributed by atoms with van der Waals surface area (Å²) in [5.74, 6) is 3.43. The number of benzene rings is 10. The highest BCUT2D eigenvalue weighted by Gasteiger charge is 2.43. The van der Waals surface area contributed by atoms with Crippen molar-refractivity contribution < 1.29 is 9.47 Å². The van der Waals surface area contributed by atoms with Gasteiger partial charge in [-0.2, -0.15) is 0 Å². The molecule has 12 rings (SSSR count). The van der Waals surface area contributed by atoms with E-state index >= 15 is 0 Å². The summed E-state index contributed by atoms with van der Waals surface area (Å²) < 4.78 is 14.4. The van der Waals surface area contributed by atoms with Crippen LogP contribution in [0, 0.1) is 0 Å². The lowest BCUT2D eigenvalue weighted by molar-refractivity contribution is 0.467. The topological polar surface area (TPSA) is 18.5 Å². The second-order valence-electron chi connectivity index (χ2n) is 15.4. The van der Waals surface area contributed by atoms with Gasteiger partial charge in [-0.05, 0) is 83.5 Å². The Morgan fingerprint density at radius 2 is 0.746 bits per heavy atom. The molecule has 0 saturated heterocycles. The number of ether oxygens (including phenoxy) is 2. The van der Waals surface area contributed by atoms with Crippen LogP contribution in [-0.2, 0) is 0 Å². The standard InChI is InChI=1S/C56H35BO2/c1-4-19-36(20-5-1)46-35-47(37-21-6-2-7-22-37)56-53-55(46)58-50-34-17-16-32-48(50)57(53)49-33-18-31-45(54(49)59-56)39-25-10-11-26-40(39)52-43-29-14-12-27-41(43)51(38-23-8-3-9-24-38)42-28-13-15-30-44(42)52/h1-35H. The van der Waals surface area contributed by atoms with Crippen molar-refractivity contribution >= 4 is 44.6 Å². The van der Waals surface area contributed by atoms with Gasteiger partial charge in [0.2, 0.25) is 0 Å². The summed E-state index contributed by atoms with van der Waals surface area (Å²) in [6, 6.07) is 76.0. The van der Waals surface area contributed by atoms with Crippen LogP contribution >= 0.6 is 0 Å². The van der Waals surface area contributed by atoms with E-state index in [4.69, 9.17) is 9.47 Å². The largest absolute Gasteiger partial charge is 0.458 e. The predicted octanol–water partition coefficient (Wildman–Crippen LogP) is 13.1. The zero-order chi connectivity index (χ0) is 38.9. The van der Waals surface area contributed by atoms with Crippen LogP contribution in [0.5, 0.6) is 23.0 Å². The first-order valence-electron chi connectivity index (χ1n) is 20.3. The molecule has 0 aliphatic carbocycles. The van der Waals surface area contributed by atoms with E-state index in [0.717, 1.165) is 78.3 Å². The lowest BCUT2D eigenvalue weighted by Gasteiger charge is -2.36. The molecule has 0 radical (unpaired) electrons. The van der Waals surface area contributed by atoms with Gasteiger partial charge in [0.25, 0.3) is 6.71 Å². The third-order valence-corrected chi connectivity index (χ3v) is 12.2. The highest BCUT2D eigenvalue weighted by atomic mass is 16.5. The smallest absolute Gasteiger partial charge is 0.260 e. The zero-order valence-electron chi connectivity index (χ0n) is 32.1. The van der Waals surface area contributed by atoms with Crippen molar-refractivity contribution in [1.29, 1.82) is 0 Å². The molecule has 2 heterocycles. The monoisotopic (exact) mass is 750 g/mol. The average molecular weight is 751 g/mol. The zero-order valence-corrected chi connectivity index (χ0v) is 32.1. The molecule has 2 aliphatic heterocycles. The summed E-state index contributed by atoms with van der Waals surface area (Å²) in [5.41, 5.74) is 14.6. The number of hydrogen-bond acceptors (Lipinski definition) is 2. The van der Waals surface area contributed by atoms with Crippen LogP contribution in [0.15, 0.2) is 212 Å². The molecule has 2 nitrogen and oxygen atoms in total. The minimum atomic E-state index is -0.112. The van der Waals surface area contributed by atoms with Gasteiger partial charge in [0, 0.05) is 22.2 Å². The fourth-order valence-electron chi connectivity index (χ4n) is 9.70. The molecule has 10 aromatic carbocycles. The molecule has 0 fully saturated rings. The van der Waals surface area contributed by atoms with E-state index in [1.165, 1.54) is 38.2 Å². The maximum absolute atomic E-state index is 7.46. The molecule has 0 N–H and O–H groups in total. The van der Waals surface area contributed by atoms with Crippen molar-refractivity contribution in [2.24, 2.45) is 0 Å². The Balaban J connectivity index is 1.14. The third-order valence-electron chi connectivity index (χ3n) is 12.2. The molecule has 10 aromatic rings. The Morgan fingerprint density at radius 1 is 0.288 bits per heavy atom. The molecule has 59 heavy (non-hydrogen) atoms. The molecule has 0 amide bonds. The van der Waals surface area contributed by atoms with Crippen LogP contribution in [0.25, 0.3) is 77.2 Å². The molecular weight excluding hydrogens is 715 g/mol. The molecule has 0 saturated carbocycles. The Morgan fingerprint density at radius 3 is 1.37 bits per heavy atom. The molecule has 0 unspecified atom stereocenters. The summed E-state index contributed by atoms with van der Waals surface area (Å²) >= 11 is 0. The van der Waals surface area contributed by atoms with Gasteiger partial charge in [-0.3, -0.25) is 0 Å². The SMILES string of the molecule is c1ccc(-c2cc(-c3ccccc3)c3c4c2Oc2ccccc2B4c2cccc(-c4ccccc4-c4c5ccccc5c(-c5ccccc5)c5ccccc45)c2O3)cc1. The van der Waals surface area contributed by atoms with E-state index in [9.17, 15) is 0 Å². The summed E-state index contributed by atoms with van der Waals surface area (Å²) in [4.78, 5) is 0. The van der Waals surface area contributed by atoms with E-state index in [1.807, 2.05) is 0 Å². The molecular formula is C56H35BO2. The lowest BCUT2D eigenvalue weighted by Crippen LogP contribution is -2.57. The molecule has 2 aliphatic rings. The van der Waals surface area contributed by atoms with Crippen molar-refractivity contribution in [2.45, 2.75) is 0 Å². The first kappa shape index (κ1) is 33.5. The molecule has 0 aromatic heterocycles. The minimum Gasteiger partial charge on any atom is -0.458 e. The van der Waals surface area contributed by atoms with Crippen LogP contribution in [0.3, 0.4) is 0 Å². The third kappa shape index (κ3) is 5.22. The maximum atomic E-state index is 7.46. The van der Waals surface area contributed by atoms with E-state index in [0.29, 0.717) is 0 Å². The van der Waals surface area contributed by atoms with E-state index in [1.54, 1.807) is 0 Å². The number of para-hydroxylation sites is 2. The fraction of sp³-hybridized carbons (Fsp3) is 0. The Bertz CT molecular complexity index is 3210. The van der Waals surface area contributed by atoms with Crippen LogP contribution in [0.4, 0.5) is 0 Å². The van der Waals surface area contributed by atoms with Gasteiger partial charge in [0.15, 0.2) is 0 Å². The number of fused-ring (bicyclic) bond motifs is 6. The maximum Gasteiger partial charge on any atom is 0.260 e. The Kier molecular flexibility index (Phi) is 7.67. The fourth-order valence-corrected chi connectivity index (χ4v) is 9.70. The Labute approximate surface area is 343 Å². The van der Waals surface area contributed by atoms with Gasteiger partial charge in [0.1, 0.15) is 23.0 Å². The van der Waals surface area contributed by atoms with Crippen molar-refractivity contribution in [3.05, 3.63) is 212 Å². The second kappa shape index (κ2) is 13.5. The minimum absolute atomic E-state index is 0.112. The summed E-state index contributed by atoms with van der Waals surface area (Å²) in [6.45, 7) is -0.112. The number of hydrogen-bond donors (Lipinski definition) is 0. The average Bonchev–Trinajstić information content (AvgIpc) is 3.31. The van der Waals surface area contributed by atoms with Crippen LogP contribution in [0.1, 0.15) is 0 Å². The van der Waals surface area contributed by atoms with Crippen molar-refractivity contribution in [1.82, 2.24) is 0 Å². The van der Waals surface area contributed by atoms with E-state index in [-0.39, 0.29) is 6.71 Å². The van der Waals surface area contributed by atoms with Crippen LogP contribution in [-0.4, -0.2) is 6.71 Å². The second-order valence-corrected chi connectivity index (χ2v) is 15.4. The van der Waals surface area contributed by atoms with Crippen molar-refractivity contribution in [2.75, 3.05) is 0 Å². The quantitative estimate of drug-likeness (QED) is 0.129. The summed E-state index contributed by atoms with van der Waals surface area (Å²) in [7, 11) is 0. The van der Waals surface area contributed by atoms with Gasteiger partial charge < -0.3 is 9.47 Å². The predicted molar refractivity (Wildman–Crippen MR) is 246 cm³/mol. The van der Waals surface area contributed by atoms with Gasteiger partial charge in [0.05, 0.1) is 0 Å². The van der Waals surface area contributed by atoms with E-state index < -0.39 is 0 Å². The first-order valence-corrected chi connectivity index (χ1v) is 20.3. The van der Waals surface area contributed by atoms with Gasteiger partial charge in [-0.15, -0.1) is 0 Å². The summed E-state index contributed by atoms with van der Waals surface area (Å²) in [6.07, 6.45) is 0. The van der Waals surface area contributed by atoms with Crippen LogP contribution in [0.2, 0.25) is 0 Å². The first-order chi connectivity index (χ1) is 29.3. The van der Waals surface area contributed by atoms with Gasteiger partial charge in [-0.25, -0.2) is 0 Å². The summed E-state index contributed by atoms with van der Waals surface area (Å²) in [5, 5.41) is 4.90. The molecule has 0 spiro atoms. The highest BCUT2D eigenvalue weighted by molar-refractivity contribution is 6.98. The van der Waals surface area contributed by atoms with Crippen molar-refractivity contribution in [3.8, 4) is 78.6 Å².